The number of hydrogen-bond acceptors (Lipinski definition) is 12. The second-order valence-corrected chi connectivity index (χ2v) is 14.9. The van der Waals surface area contributed by atoms with E-state index in [9.17, 15) is 13.6 Å². The van der Waals surface area contributed by atoms with Crippen molar-refractivity contribution in [2.45, 2.75) is 87.7 Å². The lowest BCUT2D eigenvalue weighted by molar-refractivity contribution is -0.184. The minimum atomic E-state index is -0.958. The fraction of sp³-hybridized carbons (Fsp3) is 0.472. The van der Waals surface area contributed by atoms with Crippen LogP contribution < -0.4 is 9.64 Å². The maximum atomic E-state index is 14.3. The van der Waals surface area contributed by atoms with E-state index < -0.39 is 53.9 Å². The highest BCUT2D eigenvalue weighted by Crippen LogP contribution is 2.48. The third-order valence-electron chi connectivity index (χ3n) is 8.54. The van der Waals surface area contributed by atoms with E-state index in [0.717, 1.165) is 24.3 Å². The van der Waals surface area contributed by atoms with Crippen molar-refractivity contribution < 1.29 is 42.0 Å². The number of thioether (sulfide) groups is 1. The number of hydrogen-bond donors (Lipinski definition) is 0. The molecule has 4 aromatic rings. The van der Waals surface area contributed by atoms with Gasteiger partial charge < -0.3 is 28.4 Å². The van der Waals surface area contributed by atoms with E-state index in [4.69, 9.17) is 45.6 Å². The Morgan fingerprint density at radius 1 is 1.12 bits per heavy atom. The summed E-state index contributed by atoms with van der Waals surface area (Å²) in [5.74, 6) is -0.719. The molecule has 2 aliphatic rings. The first-order valence-corrected chi connectivity index (χ1v) is 18.3. The van der Waals surface area contributed by atoms with Gasteiger partial charge >= 0.3 is 11.3 Å². The van der Waals surface area contributed by atoms with E-state index in [1.54, 1.807) is 37.6 Å². The molecule has 2 aromatic carbocycles. The molecule has 0 unspecified atom stereocenters. The predicted octanol–water partition coefficient (Wildman–Crippen LogP) is 7.21. The zero-order chi connectivity index (χ0) is 37.2. The molecule has 1 saturated heterocycles. The van der Waals surface area contributed by atoms with Crippen LogP contribution in [0.5, 0.6) is 5.75 Å². The molecule has 16 heteroatoms. The van der Waals surface area contributed by atoms with Crippen molar-refractivity contribution in [1.29, 1.82) is 0 Å². The Kier molecular flexibility index (Phi) is 11.6. The van der Waals surface area contributed by atoms with Gasteiger partial charge in [-0.05, 0) is 75.3 Å². The van der Waals surface area contributed by atoms with Gasteiger partial charge in [-0.3, -0.25) is 4.90 Å². The largest absolute Gasteiger partial charge is 0.448 e. The number of pyridine rings is 1. The Morgan fingerprint density at radius 2 is 1.87 bits per heavy atom. The molecular formula is C36H41F2N5O7S2. The molecule has 1 aliphatic heterocycles. The average molecular weight is 758 g/mol. The van der Waals surface area contributed by atoms with Gasteiger partial charge in [-0.2, -0.15) is 0 Å². The summed E-state index contributed by atoms with van der Waals surface area (Å²) in [5, 5.41) is 9.60. The van der Waals surface area contributed by atoms with Crippen LogP contribution in [0.4, 0.5) is 19.4 Å². The Morgan fingerprint density at radius 3 is 2.54 bits per heavy atom. The first kappa shape index (κ1) is 37.8. The number of para-hydroxylation sites is 1. The van der Waals surface area contributed by atoms with E-state index in [0.29, 0.717) is 33.8 Å². The number of ether oxygens (including phenoxy) is 6. The van der Waals surface area contributed by atoms with Gasteiger partial charge in [0.2, 0.25) is 0 Å². The van der Waals surface area contributed by atoms with Crippen molar-refractivity contribution in [2.75, 3.05) is 31.5 Å². The normalized spacial score (nSPS) is 21.4. The van der Waals surface area contributed by atoms with Crippen LogP contribution in [0.1, 0.15) is 58.1 Å². The minimum Gasteiger partial charge on any atom is -0.448 e. The number of anilines is 1. The fourth-order valence-corrected chi connectivity index (χ4v) is 7.11. The lowest BCUT2D eigenvalue weighted by Gasteiger charge is -2.28. The number of nitrogens with zero attached hydrogens (tertiary/aromatic N) is 5. The standard InChI is InChI=1S/C36H41F2N5O7S2/c1-7-15-52-28-18-26-29(32(39-28)42(34(44)50-36(2,3)4)25-17-22(25)20-13-14-23(37)24(38)16-20)40-41-43(26)27-19-47-31(33(45-5)46-6)30(27)49-35(51)48-21-11-9-8-10-12-21/h8-14,16,18,22,25,27,30-31,33H,7,15,17,19H2,1-6H3/t22-,25+,27-,30+,31+/m0/s1. The van der Waals surface area contributed by atoms with E-state index in [1.165, 1.54) is 36.9 Å². The summed E-state index contributed by atoms with van der Waals surface area (Å²) in [5.41, 5.74) is 0.588. The molecule has 0 N–H and O–H groups in total. The summed E-state index contributed by atoms with van der Waals surface area (Å²) in [4.78, 5) is 20.4. The number of aromatic nitrogens is 4. The fourth-order valence-electron chi connectivity index (χ4n) is 6.14. The van der Waals surface area contributed by atoms with Crippen molar-refractivity contribution >= 4 is 52.2 Å². The number of fused-ring (bicyclic) bond motifs is 1. The van der Waals surface area contributed by atoms with Crippen molar-refractivity contribution in [1.82, 2.24) is 20.0 Å². The summed E-state index contributed by atoms with van der Waals surface area (Å²) >= 11 is 7.03. The molecular weight excluding hydrogens is 717 g/mol. The highest BCUT2D eigenvalue weighted by molar-refractivity contribution is 7.99. The van der Waals surface area contributed by atoms with Crippen LogP contribution >= 0.6 is 24.0 Å². The number of halogens is 2. The molecule has 278 valence electrons. The summed E-state index contributed by atoms with van der Waals surface area (Å²) < 4.78 is 65.1. The number of amides is 1. The van der Waals surface area contributed by atoms with Gasteiger partial charge in [0.05, 0.1) is 12.1 Å². The molecule has 12 nitrogen and oxygen atoms in total. The summed E-state index contributed by atoms with van der Waals surface area (Å²) in [6.45, 7) is 7.49. The third-order valence-corrected chi connectivity index (χ3v) is 9.83. The second kappa shape index (κ2) is 16.0. The van der Waals surface area contributed by atoms with Crippen LogP contribution in [-0.2, 0) is 23.7 Å². The van der Waals surface area contributed by atoms with Crippen LogP contribution in [0.15, 0.2) is 59.6 Å². The van der Waals surface area contributed by atoms with E-state index in [2.05, 4.69) is 17.2 Å². The lowest BCUT2D eigenvalue weighted by Crippen LogP contribution is -2.43. The Labute approximate surface area is 310 Å². The SMILES string of the molecule is CCCSc1cc2c(nnn2[C@H]2CO[C@@H](C(OC)OC)[C@@H]2OC(=S)Oc2ccccc2)c(N(C(=O)OC(C)(C)C)[C@@H]2C[C@H]2c2ccc(F)c(F)c2)n1. The number of carbonyl (C=O) groups is 1. The van der Waals surface area contributed by atoms with Crippen LogP contribution in [-0.4, -0.2) is 88.0 Å². The van der Waals surface area contributed by atoms with E-state index in [-0.39, 0.29) is 23.6 Å². The first-order chi connectivity index (χ1) is 24.9. The van der Waals surface area contributed by atoms with Gasteiger partial charge in [0.1, 0.15) is 28.5 Å². The van der Waals surface area contributed by atoms with Crippen molar-refractivity contribution in [3.63, 3.8) is 0 Å². The van der Waals surface area contributed by atoms with Gasteiger partial charge in [-0.25, -0.2) is 23.2 Å². The molecule has 1 amide bonds. The monoisotopic (exact) mass is 757 g/mol. The number of rotatable bonds is 12. The maximum absolute atomic E-state index is 14.3. The Hall–Kier alpha value is -3.96. The highest BCUT2D eigenvalue weighted by Gasteiger charge is 2.50. The zero-order valence-corrected chi connectivity index (χ0v) is 31.3. The zero-order valence-electron chi connectivity index (χ0n) is 29.7. The van der Waals surface area contributed by atoms with Gasteiger partial charge in [0.15, 0.2) is 35.4 Å². The molecule has 6 rings (SSSR count). The molecule has 1 aliphatic carbocycles. The van der Waals surface area contributed by atoms with Crippen LogP contribution in [0.3, 0.4) is 0 Å². The Bertz CT molecular complexity index is 1890. The molecule has 5 atom stereocenters. The predicted molar refractivity (Wildman–Crippen MR) is 194 cm³/mol. The maximum Gasteiger partial charge on any atom is 0.416 e. The Balaban J connectivity index is 1.42. The molecule has 2 fully saturated rings. The molecule has 0 bridgehead atoms. The molecule has 52 heavy (non-hydrogen) atoms. The first-order valence-electron chi connectivity index (χ1n) is 16.9. The number of carbonyl (C=O) groups excluding carboxylic acids is 1. The molecule has 0 spiro atoms. The second-order valence-electron chi connectivity index (χ2n) is 13.4. The third kappa shape index (κ3) is 8.31. The number of benzene rings is 2. The average Bonchev–Trinajstić information content (AvgIpc) is 3.60. The van der Waals surface area contributed by atoms with Crippen LogP contribution in [0, 0.1) is 11.6 Å². The molecule has 1 saturated carbocycles. The highest BCUT2D eigenvalue weighted by atomic mass is 32.2. The van der Waals surface area contributed by atoms with Crippen molar-refractivity contribution in [3.05, 3.63) is 71.8 Å². The lowest BCUT2D eigenvalue weighted by atomic mass is 10.1. The van der Waals surface area contributed by atoms with Crippen molar-refractivity contribution in [3.8, 4) is 5.75 Å². The summed E-state index contributed by atoms with van der Waals surface area (Å²) in [6.07, 6.45) is -1.68. The summed E-state index contributed by atoms with van der Waals surface area (Å²) in [6, 6.07) is 13.6. The number of methoxy groups -OCH3 is 2. The van der Waals surface area contributed by atoms with Gasteiger partial charge in [0, 0.05) is 38.4 Å². The minimum absolute atomic E-state index is 0.122. The topological polar surface area (TPSA) is 119 Å². The quantitative estimate of drug-likeness (QED) is 0.0826. The molecule has 2 aromatic heterocycles. The molecule has 3 heterocycles. The van der Waals surface area contributed by atoms with Crippen LogP contribution in [0.2, 0.25) is 0 Å². The van der Waals surface area contributed by atoms with Gasteiger partial charge in [0.25, 0.3) is 0 Å². The van der Waals surface area contributed by atoms with E-state index in [1.807, 2.05) is 24.3 Å². The smallest absolute Gasteiger partial charge is 0.416 e. The molecule has 0 radical (unpaired) electrons. The number of thiocarbonyl (C=S) groups is 1. The van der Waals surface area contributed by atoms with Gasteiger partial charge in [-0.1, -0.05) is 36.4 Å². The van der Waals surface area contributed by atoms with Crippen LogP contribution in [0.25, 0.3) is 11.0 Å². The van der Waals surface area contributed by atoms with E-state index >= 15 is 0 Å². The summed E-state index contributed by atoms with van der Waals surface area (Å²) in [7, 11) is 2.99. The van der Waals surface area contributed by atoms with Crippen molar-refractivity contribution in [2.24, 2.45) is 0 Å². The van der Waals surface area contributed by atoms with Gasteiger partial charge in [-0.15, -0.1) is 16.9 Å².